The SMILES string of the molecule is O=C1CC(CS(=O)(=O)Cl)CN1c1ncc(Cl)nc1Br. The normalized spacial score (nSPS) is 20.1. The molecule has 1 aromatic rings. The number of carbonyl (C=O) groups excluding carboxylic acids is 1. The van der Waals surface area contributed by atoms with Gasteiger partial charge in [-0.25, -0.2) is 18.4 Å². The largest absolute Gasteiger partial charge is 0.294 e. The number of halogens is 3. The highest BCUT2D eigenvalue weighted by atomic mass is 79.9. The maximum absolute atomic E-state index is 11.9. The number of aromatic nitrogens is 2. The number of hydrogen-bond acceptors (Lipinski definition) is 5. The van der Waals surface area contributed by atoms with Crippen LogP contribution in [0.4, 0.5) is 5.82 Å². The lowest BCUT2D eigenvalue weighted by Crippen LogP contribution is -2.27. The summed E-state index contributed by atoms with van der Waals surface area (Å²) in [5.74, 6) is -0.485. The number of amides is 1. The van der Waals surface area contributed by atoms with Crippen molar-refractivity contribution in [1.82, 2.24) is 9.97 Å². The van der Waals surface area contributed by atoms with Crippen molar-refractivity contribution in [2.45, 2.75) is 6.42 Å². The zero-order chi connectivity index (χ0) is 14.2. The molecular weight excluding hydrogens is 381 g/mol. The van der Waals surface area contributed by atoms with Crippen LogP contribution in [0, 0.1) is 5.92 Å². The molecular formula is C9H8BrCl2N3O3S. The van der Waals surface area contributed by atoms with E-state index in [0.717, 1.165) is 0 Å². The van der Waals surface area contributed by atoms with Crippen LogP contribution in [0.1, 0.15) is 6.42 Å². The van der Waals surface area contributed by atoms with Crippen LogP contribution < -0.4 is 4.90 Å². The second-order valence-corrected chi connectivity index (χ2v) is 8.05. The molecule has 104 valence electrons. The van der Waals surface area contributed by atoms with E-state index in [0.29, 0.717) is 10.4 Å². The van der Waals surface area contributed by atoms with Crippen LogP contribution in [0.2, 0.25) is 5.15 Å². The van der Waals surface area contributed by atoms with Crippen molar-refractivity contribution in [2.75, 3.05) is 17.2 Å². The second kappa shape index (κ2) is 5.51. The summed E-state index contributed by atoms with van der Waals surface area (Å²) in [5, 5.41) is 0.196. The van der Waals surface area contributed by atoms with Crippen LogP contribution in [0.5, 0.6) is 0 Å². The van der Waals surface area contributed by atoms with Gasteiger partial charge in [0.15, 0.2) is 10.4 Å². The molecule has 0 bridgehead atoms. The van der Waals surface area contributed by atoms with Crippen molar-refractivity contribution in [1.29, 1.82) is 0 Å². The molecule has 1 saturated heterocycles. The quantitative estimate of drug-likeness (QED) is 0.737. The Labute approximate surface area is 127 Å². The molecule has 1 unspecified atom stereocenters. The predicted octanol–water partition coefficient (Wildman–Crippen LogP) is 1.81. The lowest BCUT2D eigenvalue weighted by molar-refractivity contribution is -0.117. The van der Waals surface area contributed by atoms with Crippen LogP contribution in [0.3, 0.4) is 0 Å². The molecule has 0 aliphatic carbocycles. The van der Waals surface area contributed by atoms with Gasteiger partial charge >= 0.3 is 0 Å². The van der Waals surface area contributed by atoms with Crippen LogP contribution in [0.15, 0.2) is 10.8 Å². The first-order chi connectivity index (χ1) is 8.76. The van der Waals surface area contributed by atoms with E-state index in [9.17, 15) is 13.2 Å². The number of rotatable bonds is 3. The lowest BCUT2D eigenvalue weighted by atomic mass is 10.1. The number of carbonyl (C=O) groups is 1. The summed E-state index contributed by atoms with van der Waals surface area (Å²) in [5.41, 5.74) is 0. The molecule has 0 aromatic carbocycles. The van der Waals surface area contributed by atoms with Gasteiger partial charge in [-0.3, -0.25) is 9.69 Å². The molecule has 2 heterocycles. The molecule has 0 N–H and O–H groups in total. The summed E-state index contributed by atoms with van der Waals surface area (Å²) in [6.07, 6.45) is 1.43. The predicted molar refractivity (Wildman–Crippen MR) is 74.8 cm³/mol. The first kappa shape index (κ1) is 15.0. The lowest BCUT2D eigenvalue weighted by Gasteiger charge is -2.16. The average molecular weight is 389 g/mol. The van der Waals surface area contributed by atoms with Crippen molar-refractivity contribution >= 4 is 59.0 Å². The van der Waals surface area contributed by atoms with Gasteiger partial charge in [0.25, 0.3) is 0 Å². The molecule has 1 atom stereocenters. The number of anilines is 1. The van der Waals surface area contributed by atoms with Gasteiger partial charge in [0.05, 0.1) is 11.9 Å². The molecule has 0 radical (unpaired) electrons. The number of nitrogens with zero attached hydrogens (tertiary/aromatic N) is 3. The van der Waals surface area contributed by atoms with Gasteiger partial charge in [0.2, 0.25) is 15.0 Å². The van der Waals surface area contributed by atoms with Crippen molar-refractivity contribution in [2.24, 2.45) is 5.92 Å². The minimum absolute atomic E-state index is 0.114. The van der Waals surface area contributed by atoms with Crippen molar-refractivity contribution in [3.8, 4) is 0 Å². The van der Waals surface area contributed by atoms with Gasteiger partial charge in [0, 0.05) is 29.6 Å². The van der Waals surface area contributed by atoms with E-state index in [4.69, 9.17) is 22.3 Å². The zero-order valence-electron chi connectivity index (χ0n) is 9.38. The Morgan fingerprint density at radius 3 is 2.79 bits per heavy atom. The maximum Gasteiger partial charge on any atom is 0.232 e. The fourth-order valence-corrected chi connectivity index (χ4v) is 3.96. The fourth-order valence-electron chi connectivity index (χ4n) is 1.90. The minimum atomic E-state index is -3.63. The number of hydrogen-bond donors (Lipinski definition) is 0. The summed E-state index contributed by atoms with van der Waals surface area (Å²) in [4.78, 5) is 21.2. The molecule has 2 rings (SSSR count). The van der Waals surface area contributed by atoms with Gasteiger partial charge < -0.3 is 0 Å². The first-order valence-corrected chi connectivity index (χ1v) is 8.82. The van der Waals surface area contributed by atoms with E-state index in [1.807, 2.05) is 0 Å². The smallest absolute Gasteiger partial charge is 0.232 e. The van der Waals surface area contributed by atoms with E-state index in [1.165, 1.54) is 11.1 Å². The van der Waals surface area contributed by atoms with Gasteiger partial charge in [-0.2, -0.15) is 0 Å². The van der Waals surface area contributed by atoms with Crippen molar-refractivity contribution in [3.63, 3.8) is 0 Å². The third-order valence-corrected chi connectivity index (χ3v) is 4.54. The Kier molecular flexibility index (Phi) is 4.34. The highest BCUT2D eigenvalue weighted by Gasteiger charge is 2.34. The monoisotopic (exact) mass is 387 g/mol. The fraction of sp³-hybridized carbons (Fsp3) is 0.444. The van der Waals surface area contributed by atoms with E-state index >= 15 is 0 Å². The summed E-state index contributed by atoms with van der Waals surface area (Å²) in [7, 11) is 1.57. The van der Waals surface area contributed by atoms with Crippen LogP contribution in [-0.4, -0.2) is 36.6 Å². The van der Waals surface area contributed by atoms with Crippen LogP contribution in [0.25, 0.3) is 0 Å². The summed E-state index contributed by atoms with van der Waals surface area (Å²) >= 11 is 8.84. The van der Waals surface area contributed by atoms with E-state index in [-0.39, 0.29) is 35.7 Å². The Hall–Kier alpha value is -0.440. The maximum atomic E-state index is 11.9. The summed E-state index contributed by atoms with van der Waals surface area (Å²) < 4.78 is 22.4. The molecule has 10 heteroatoms. The van der Waals surface area contributed by atoms with Crippen LogP contribution >= 0.6 is 38.2 Å². The average Bonchev–Trinajstić information content (AvgIpc) is 2.56. The Balaban J connectivity index is 2.20. The van der Waals surface area contributed by atoms with Crippen LogP contribution in [-0.2, 0) is 13.8 Å². The summed E-state index contributed by atoms with van der Waals surface area (Å²) in [6, 6.07) is 0. The van der Waals surface area contributed by atoms with Gasteiger partial charge in [0.1, 0.15) is 5.15 Å². The molecule has 1 aromatic heterocycles. The van der Waals surface area contributed by atoms with E-state index in [1.54, 1.807) is 0 Å². The third kappa shape index (κ3) is 3.77. The first-order valence-electron chi connectivity index (χ1n) is 5.17. The van der Waals surface area contributed by atoms with Crippen molar-refractivity contribution < 1.29 is 13.2 Å². The standard InChI is InChI=1S/C9H8BrCl2N3O3S/c10-8-9(13-2-6(11)14-8)15-3-5(1-7(15)16)4-19(12,17)18/h2,5H,1,3-4H2. The molecule has 1 fully saturated rings. The van der Waals surface area contributed by atoms with Gasteiger partial charge in [-0.1, -0.05) is 11.6 Å². The topological polar surface area (TPSA) is 80.2 Å². The second-order valence-electron chi connectivity index (χ2n) is 4.09. The molecule has 0 saturated carbocycles. The molecule has 0 spiro atoms. The highest BCUT2D eigenvalue weighted by molar-refractivity contribution is 9.10. The van der Waals surface area contributed by atoms with E-state index < -0.39 is 9.05 Å². The van der Waals surface area contributed by atoms with Crippen molar-refractivity contribution in [3.05, 3.63) is 16.0 Å². The molecule has 1 aliphatic rings. The van der Waals surface area contributed by atoms with E-state index in [2.05, 4.69) is 25.9 Å². The Morgan fingerprint density at radius 2 is 2.21 bits per heavy atom. The Bertz CT molecular complexity index is 625. The molecule has 6 nitrogen and oxygen atoms in total. The third-order valence-electron chi connectivity index (χ3n) is 2.58. The van der Waals surface area contributed by atoms with Gasteiger partial charge in [-0.15, -0.1) is 0 Å². The molecule has 19 heavy (non-hydrogen) atoms. The highest BCUT2D eigenvalue weighted by Crippen LogP contribution is 2.30. The molecule has 1 aliphatic heterocycles. The Morgan fingerprint density at radius 1 is 1.53 bits per heavy atom. The minimum Gasteiger partial charge on any atom is -0.294 e. The molecule has 1 amide bonds. The van der Waals surface area contributed by atoms with Gasteiger partial charge in [-0.05, 0) is 15.9 Å². The summed E-state index contributed by atoms with van der Waals surface area (Å²) in [6.45, 7) is 0.236. The zero-order valence-corrected chi connectivity index (χ0v) is 13.3.